The summed E-state index contributed by atoms with van der Waals surface area (Å²) < 4.78 is 6.90. The molecule has 0 radical (unpaired) electrons. The number of fused-ring (bicyclic) bond motifs is 1. The highest BCUT2D eigenvalue weighted by atomic mass is 16.5. The van der Waals surface area contributed by atoms with Crippen LogP contribution in [0.1, 0.15) is 32.4 Å². The van der Waals surface area contributed by atoms with Crippen LogP contribution in [-0.4, -0.2) is 44.4 Å². The Morgan fingerprint density at radius 2 is 2.03 bits per heavy atom. The van der Waals surface area contributed by atoms with Crippen LogP contribution in [0.4, 0.5) is 5.82 Å². The van der Waals surface area contributed by atoms with E-state index in [0.717, 1.165) is 38.2 Å². The summed E-state index contributed by atoms with van der Waals surface area (Å²) in [6.07, 6.45) is 5.18. The second-order valence-electron chi connectivity index (χ2n) is 8.34. The van der Waals surface area contributed by atoms with Crippen molar-refractivity contribution < 1.29 is 9.84 Å². The molecule has 0 saturated carbocycles. The normalized spacial score (nSPS) is 15.5. The maximum absolute atomic E-state index is 12.8. The monoisotopic (exact) mass is 409 g/mol. The molecule has 1 fully saturated rings. The van der Waals surface area contributed by atoms with Gasteiger partial charge in [-0.2, -0.15) is 0 Å². The first-order valence-electron chi connectivity index (χ1n) is 10.2. The molecule has 2 N–H and O–H groups in total. The molecule has 3 aromatic rings. The largest absolute Gasteiger partial charge is 0.384 e. The third kappa shape index (κ3) is 4.20. The summed E-state index contributed by atoms with van der Waals surface area (Å²) in [7, 11) is 1.68. The van der Waals surface area contributed by atoms with Crippen LogP contribution < -0.4 is 10.9 Å². The number of aliphatic hydroxyl groups is 1. The maximum atomic E-state index is 12.8. The van der Waals surface area contributed by atoms with E-state index in [4.69, 9.17) is 9.72 Å². The summed E-state index contributed by atoms with van der Waals surface area (Å²) in [6.45, 7) is 5.65. The van der Waals surface area contributed by atoms with Gasteiger partial charge < -0.3 is 19.7 Å². The molecule has 3 aromatic heterocycles. The van der Waals surface area contributed by atoms with Crippen LogP contribution in [0.5, 0.6) is 0 Å². The molecule has 0 aromatic carbocycles. The van der Waals surface area contributed by atoms with Gasteiger partial charge in [0.05, 0.1) is 23.2 Å². The third-order valence-electron chi connectivity index (χ3n) is 5.49. The smallest absolute Gasteiger partial charge is 0.264 e. The molecular formula is C22H27N5O3. The minimum absolute atomic E-state index is 0.135. The average molecular weight is 409 g/mol. The van der Waals surface area contributed by atoms with Crippen LogP contribution in [0.25, 0.3) is 22.2 Å². The van der Waals surface area contributed by atoms with Crippen LogP contribution in [0.3, 0.4) is 0 Å². The minimum atomic E-state index is -1.01. The summed E-state index contributed by atoms with van der Waals surface area (Å²) in [6, 6.07) is 5.46. The second kappa shape index (κ2) is 8.12. The maximum Gasteiger partial charge on any atom is 0.264 e. The molecule has 158 valence electrons. The molecule has 1 saturated heterocycles. The van der Waals surface area contributed by atoms with E-state index in [9.17, 15) is 9.90 Å². The van der Waals surface area contributed by atoms with Gasteiger partial charge in [-0.15, -0.1) is 0 Å². The van der Waals surface area contributed by atoms with Gasteiger partial charge in [-0.05, 0) is 50.8 Å². The van der Waals surface area contributed by atoms with E-state index in [1.165, 1.54) is 10.9 Å². The van der Waals surface area contributed by atoms with Crippen molar-refractivity contribution in [1.82, 2.24) is 19.5 Å². The first kappa shape index (κ1) is 20.4. The molecule has 0 amide bonds. The zero-order chi connectivity index (χ0) is 21.3. The molecule has 0 atom stereocenters. The fourth-order valence-electron chi connectivity index (χ4n) is 3.60. The number of anilines is 1. The lowest BCUT2D eigenvalue weighted by molar-refractivity contribution is 0.0699. The highest BCUT2D eigenvalue weighted by Gasteiger charge is 2.19. The summed E-state index contributed by atoms with van der Waals surface area (Å²) in [5.74, 6) is 1.02. The Balaban J connectivity index is 1.74. The molecule has 0 bridgehead atoms. The van der Waals surface area contributed by atoms with Gasteiger partial charge in [0.1, 0.15) is 16.8 Å². The lowest BCUT2D eigenvalue weighted by Gasteiger charge is -2.23. The number of hydrogen-bond donors (Lipinski definition) is 2. The second-order valence-corrected chi connectivity index (χ2v) is 8.34. The highest BCUT2D eigenvalue weighted by Crippen LogP contribution is 2.27. The van der Waals surface area contributed by atoms with Crippen LogP contribution in [0.15, 0.2) is 35.5 Å². The van der Waals surface area contributed by atoms with E-state index in [1.807, 2.05) is 6.07 Å². The number of nitrogens with zero attached hydrogens (tertiary/aromatic N) is 4. The van der Waals surface area contributed by atoms with Gasteiger partial charge in [0, 0.05) is 38.6 Å². The molecule has 0 spiro atoms. The third-order valence-corrected chi connectivity index (χ3v) is 5.49. The summed E-state index contributed by atoms with van der Waals surface area (Å²) >= 11 is 0. The molecule has 8 heteroatoms. The van der Waals surface area contributed by atoms with E-state index in [2.05, 4.69) is 15.3 Å². The van der Waals surface area contributed by atoms with Gasteiger partial charge in [0.15, 0.2) is 0 Å². The Labute approximate surface area is 175 Å². The molecule has 8 nitrogen and oxygen atoms in total. The molecule has 1 aliphatic heterocycles. The van der Waals surface area contributed by atoms with Gasteiger partial charge in [-0.1, -0.05) is 0 Å². The van der Waals surface area contributed by atoms with Gasteiger partial charge >= 0.3 is 0 Å². The topological polar surface area (TPSA) is 102 Å². The van der Waals surface area contributed by atoms with Crippen molar-refractivity contribution in [1.29, 1.82) is 0 Å². The lowest BCUT2D eigenvalue weighted by Crippen LogP contribution is -2.24. The Kier molecular flexibility index (Phi) is 5.53. The van der Waals surface area contributed by atoms with E-state index in [-0.39, 0.29) is 5.56 Å². The highest BCUT2D eigenvalue weighted by molar-refractivity contribution is 5.91. The van der Waals surface area contributed by atoms with E-state index < -0.39 is 5.60 Å². The van der Waals surface area contributed by atoms with Gasteiger partial charge in [0.2, 0.25) is 0 Å². The Morgan fingerprint density at radius 3 is 2.70 bits per heavy atom. The van der Waals surface area contributed by atoms with Crippen molar-refractivity contribution in [2.75, 3.05) is 25.1 Å². The molecular weight excluding hydrogens is 382 g/mol. The molecule has 0 unspecified atom stereocenters. The van der Waals surface area contributed by atoms with Crippen molar-refractivity contribution in [3.63, 3.8) is 0 Å². The quantitative estimate of drug-likeness (QED) is 0.667. The van der Waals surface area contributed by atoms with Crippen LogP contribution in [0, 0.1) is 5.92 Å². The first-order chi connectivity index (χ1) is 14.3. The van der Waals surface area contributed by atoms with E-state index in [0.29, 0.717) is 34.0 Å². The van der Waals surface area contributed by atoms with Gasteiger partial charge in [-0.3, -0.25) is 9.78 Å². The van der Waals surface area contributed by atoms with Gasteiger partial charge in [0.25, 0.3) is 5.56 Å². The number of ether oxygens (including phenoxy) is 1. The Morgan fingerprint density at radius 1 is 1.27 bits per heavy atom. The molecule has 4 heterocycles. The zero-order valence-corrected chi connectivity index (χ0v) is 17.6. The number of pyridine rings is 2. The Hall–Kier alpha value is -2.84. The summed E-state index contributed by atoms with van der Waals surface area (Å²) in [5.41, 5.74) is 1.48. The standard InChI is InChI=1S/C22H27N5O3/c1-22(2,29)18-5-4-15(12-23-18)16-10-17-19(21(28)27(3)13-25-17)20(26-16)24-11-14-6-8-30-9-7-14/h4-5,10,12-14,29H,6-9,11H2,1-3H3,(H,24,26). The predicted molar refractivity (Wildman–Crippen MR) is 115 cm³/mol. The average Bonchev–Trinajstić information content (AvgIpc) is 2.74. The number of aromatic nitrogens is 4. The minimum Gasteiger partial charge on any atom is -0.384 e. The van der Waals surface area contributed by atoms with Crippen LogP contribution in [-0.2, 0) is 17.4 Å². The first-order valence-corrected chi connectivity index (χ1v) is 10.2. The van der Waals surface area contributed by atoms with Gasteiger partial charge in [-0.25, -0.2) is 9.97 Å². The van der Waals surface area contributed by atoms with Crippen molar-refractivity contribution >= 4 is 16.7 Å². The number of rotatable bonds is 5. The van der Waals surface area contributed by atoms with E-state index in [1.54, 1.807) is 39.2 Å². The van der Waals surface area contributed by atoms with Crippen LogP contribution in [0.2, 0.25) is 0 Å². The molecule has 1 aliphatic rings. The fraction of sp³-hybridized carbons (Fsp3) is 0.455. The Bertz CT molecular complexity index is 1100. The lowest BCUT2D eigenvalue weighted by atomic mass is 10.0. The zero-order valence-electron chi connectivity index (χ0n) is 17.6. The summed E-state index contributed by atoms with van der Waals surface area (Å²) in [4.78, 5) is 26.4. The van der Waals surface area contributed by atoms with Crippen molar-refractivity contribution in [2.24, 2.45) is 13.0 Å². The van der Waals surface area contributed by atoms with Crippen molar-refractivity contribution in [2.45, 2.75) is 32.3 Å². The van der Waals surface area contributed by atoms with Crippen LogP contribution >= 0.6 is 0 Å². The molecule has 0 aliphatic carbocycles. The number of nitrogens with one attached hydrogen (secondary N) is 1. The molecule has 4 rings (SSSR count). The SMILES string of the molecule is Cn1cnc2cc(-c3ccc(C(C)(C)O)nc3)nc(NCC3CCOCC3)c2c1=O. The van der Waals surface area contributed by atoms with E-state index >= 15 is 0 Å². The van der Waals surface area contributed by atoms with Crippen molar-refractivity contribution in [3.8, 4) is 11.3 Å². The summed E-state index contributed by atoms with van der Waals surface area (Å²) in [5, 5.41) is 14.0. The molecule has 30 heavy (non-hydrogen) atoms. The van der Waals surface area contributed by atoms with Crippen molar-refractivity contribution in [3.05, 3.63) is 46.8 Å². The predicted octanol–water partition coefficient (Wildman–Crippen LogP) is 2.46. The number of hydrogen-bond acceptors (Lipinski definition) is 7. The number of aryl methyl sites for hydroxylation is 1. The fourth-order valence-corrected chi connectivity index (χ4v) is 3.60.